The minimum Gasteiger partial charge on any atom is -0.354 e. The molecule has 1 rings (SSSR count). The van der Waals surface area contributed by atoms with Crippen molar-refractivity contribution in [3.8, 4) is 0 Å². The lowest BCUT2D eigenvalue weighted by Gasteiger charge is -2.04. The second-order valence-corrected chi connectivity index (χ2v) is 3.86. The van der Waals surface area contributed by atoms with Crippen LogP contribution in [-0.2, 0) is 0 Å². The fourth-order valence-electron chi connectivity index (χ4n) is 0.666. The topological polar surface area (TPSA) is 33.2 Å². The fraction of sp³-hybridized carbons (Fsp3) is 0.429. The number of nitrogens with zero attached hydrogens (tertiary/aromatic N) is 2. The summed E-state index contributed by atoms with van der Waals surface area (Å²) in [4.78, 5) is 17.2. The van der Waals surface area contributed by atoms with E-state index in [4.69, 9.17) is 0 Å². The summed E-state index contributed by atoms with van der Waals surface area (Å²) in [5, 5.41) is 2.97. The zero-order chi connectivity index (χ0) is 9.14. The smallest absolute Gasteiger partial charge is 0.192 e. The van der Waals surface area contributed by atoms with Crippen LogP contribution >= 0.6 is 27.3 Å². The maximum Gasteiger partial charge on any atom is 0.192 e. The van der Waals surface area contributed by atoms with Gasteiger partial charge in [0.25, 0.3) is 0 Å². The molecule has 3 nitrogen and oxygen atoms in total. The Balaban J connectivity index is 2.84. The van der Waals surface area contributed by atoms with Gasteiger partial charge in [0, 0.05) is 19.5 Å². The Labute approximate surface area is 83.5 Å². The molecule has 0 bridgehead atoms. The van der Waals surface area contributed by atoms with Crippen LogP contribution in [0.3, 0.4) is 0 Å². The first kappa shape index (κ1) is 9.67. The molecule has 66 valence electrons. The third-order valence-electron chi connectivity index (χ3n) is 1.28. The molecule has 0 aromatic carbocycles. The number of Topliss-reactive ketones (excluding diaryl/α,β-unsaturated/α-hetero) is 1. The zero-order valence-corrected chi connectivity index (χ0v) is 9.28. The van der Waals surface area contributed by atoms with Crippen molar-refractivity contribution >= 4 is 38.2 Å². The number of alkyl halides is 1. The Morgan fingerprint density at radius 1 is 1.75 bits per heavy atom. The Bertz CT molecular complexity index is 285. The number of ketones is 1. The van der Waals surface area contributed by atoms with E-state index in [1.807, 2.05) is 19.0 Å². The molecule has 12 heavy (non-hydrogen) atoms. The number of anilines is 1. The molecule has 0 radical (unpaired) electrons. The summed E-state index contributed by atoms with van der Waals surface area (Å²) in [6.45, 7) is 0. The molecule has 0 fully saturated rings. The minimum atomic E-state index is 0.0272. The van der Waals surface area contributed by atoms with Crippen LogP contribution in [0.15, 0.2) is 5.38 Å². The predicted molar refractivity (Wildman–Crippen MR) is 54.6 cm³/mol. The monoisotopic (exact) mass is 248 g/mol. The molecular weight excluding hydrogens is 240 g/mol. The minimum absolute atomic E-state index is 0.0272. The van der Waals surface area contributed by atoms with Gasteiger partial charge in [0.1, 0.15) is 5.69 Å². The van der Waals surface area contributed by atoms with Crippen molar-refractivity contribution in [2.75, 3.05) is 24.3 Å². The summed E-state index contributed by atoms with van der Waals surface area (Å²) in [6, 6.07) is 0. The SMILES string of the molecule is CN(C)c1nc(C(=O)CBr)cs1. The Kier molecular flexibility index (Phi) is 3.22. The molecule has 0 aliphatic heterocycles. The van der Waals surface area contributed by atoms with Gasteiger partial charge in [-0.25, -0.2) is 4.98 Å². The highest BCUT2D eigenvalue weighted by atomic mass is 79.9. The predicted octanol–water partition coefficient (Wildman–Crippen LogP) is 1.79. The number of carbonyl (C=O) groups is 1. The van der Waals surface area contributed by atoms with E-state index in [9.17, 15) is 4.79 Å². The first-order chi connectivity index (χ1) is 5.65. The molecule has 1 heterocycles. The number of aromatic nitrogens is 1. The van der Waals surface area contributed by atoms with Gasteiger partial charge in [-0.1, -0.05) is 15.9 Å². The third kappa shape index (κ3) is 2.04. The second-order valence-electron chi connectivity index (χ2n) is 2.47. The van der Waals surface area contributed by atoms with Crippen LogP contribution in [0.5, 0.6) is 0 Å². The van der Waals surface area contributed by atoms with E-state index in [0.29, 0.717) is 11.0 Å². The highest BCUT2D eigenvalue weighted by Gasteiger charge is 2.09. The molecule has 1 aromatic rings. The zero-order valence-electron chi connectivity index (χ0n) is 6.87. The standard InChI is InChI=1S/C7H9BrN2OS/c1-10(2)7-9-5(4-12-7)6(11)3-8/h4H,3H2,1-2H3. The quantitative estimate of drug-likeness (QED) is 0.604. The Morgan fingerprint density at radius 3 is 2.83 bits per heavy atom. The van der Waals surface area contributed by atoms with Crippen molar-refractivity contribution in [2.24, 2.45) is 0 Å². The van der Waals surface area contributed by atoms with Crippen molar-refractivity contribution in [1.82, 2.24) is 4.98 Å². The number of hydrogen-bond donors (Lipinski definition) is 0. The van der Waals surface area contributed by atoms with E-state index < -0.39 is 0 Å². The van der Waals surface area contributed by atoms with E-state index in [1.54, 1.807) is 5.38 Å². The van der Waals surface area contributed by atoms with Gasteiger partial charge in [-0.2, -0.15) is 0 Å². The van der Waals surface area contributed by atoms with Gasteiger partial charge in [-0.15, -0.1) is 11.3 Å². The molecule has 0 aliphatic rings. The normalized spacial score (nSPS) is 9.92. The van der Waals surface area contributed by atoms with E-state index >= 15 is 0 Å². The molecule has 1 aromatic heterocycles. The van der Waals surface area contributed by atoms with Gasteiger partial charge in [-0.3, -0.25) is 4.79 Å². The lowest BCUT2D eigenvalue weighted by Crippen LogP contribution is -2.09. The summed E-state index contributed by atoms with van der Waals surface area (Å²) in [7, 11) is 3.81. The van der Waals surface area contributed by atoms with Gasteiger partial charge >= 0.3 is 0 Å². The van der Waals surface area contributed by atoms with E-state index in [0.717, 1.165) is 5.13 Å². The van der Waals surface area contributed by atoms with Crippen LogP contribution in [0, 0.1) is 0 Å². The Hall–Kier alpha value is -0.420. The molecule has 0 atom stereocenters. The number of rotatable bonds is 3. The fourth-order valence-corrected chi connectivity index (χ4v) is 1.72. The maximum absolute atomic E-state index is 11.1. The van der Waals surface area contributed by atoms with Crippen molar-refractivity contribution in [2.45, 2.75) is 0 Å². The lowest BCUT2D eigenvalue weighted by atomic mass is 10.4. The highest BCUT2D eigenvalue weighted by Crippen LogP contribution is 2.18. The number of carbonyl (C=O) groups excluding carboxylic acids is 1. The van der Waals surface area contributed by atoms with Crippen LogP contribution in [0.2, 0.25) is 0 Å². The lowest BCUT2D eigenvalue weighted by molar-refractivity contribution is 0.102. The van der Waals surface area contributed by atoms with E-state index in [2.05, 4.69) is 20.9 Å². The summed E-state index contributed by atoms with van der Waals surface area (Å²) in [5.41, 5.74) is 0.542. The largest absolute Gasteiger partial charge is 0.354 e. The molecule has 0 N–H and O–H groups in total. The summed E-state index contributed by atoms with van der Waals surface area (Å²) in [6.07, 6.45) is 0. The van der Waals surface area contributed by atoms with Crippen LogP contribution < -0.4 is 4.90 Å². The number of thiazole rings is 1. The maximum atomic E-state index is 11.1. The highest BCUT2D eigenvalue weighted by molar-refractivity contribution is 9.09. The van der Waals surface area contributed by atoms with Crippen LogP contribution in [-0.4, -0.2) is 30.2 Å². The van der Waals surface area contributed by atoms with Crippen molar-refractivity contribution in [3.63, 3.8) is 0 Å². The Morgan fingerprint density at radius 2 is 2.42 bits per heavy atom. The van der Waals surface area contributed by atoms with Gasteiger partial charge in [-0.05, 0) is 0 Å². The van der Waals surface area contributed by atoms with Gasteiger partial charge in [0.05, 0.1) is 5.33 Å². The molecule has 0 saturated heterocycles. The summed E-state index contributed by atoms with van der Waals surface area (Å²) in [5.74, 6) is 0.0272. The van der Waals surface area contributed by atoms with Gasteiger partial charge in [0.15, 0.2) is 10.9 Å². The average Bonchev–Trinajstić information content (AvgIpc) is 2.51. The van der Waals surface area contributed by atoms with E-state index in [-0.39, 0.29) is 5.78 Å². The molecular formula is C7H9BrN2OS. The van der Waals surface area contributed by atoms with Crippen molar-refractivity contribution in [1.29, 1.82) is 0 Å². The summed E-state index contributed by atoms with van der Waals surface area (Å²) >= 11 is 4.57. The first-order valence-electron chi connectivity index (χ1n) is 3.37. The number of hydrogen-bond acceptors (Lipinski definition) is 4. The molecule has 0 saturated carbocycles. The van der Waals surface area contributed by atoms with Crippen molar-refractivity contribution in [3.05, 3.63) is 11.1 Å². The molecule has 0 amide bonds. The average molecular weight is 249 g/mol. The third-order valence-corrected chi connectivity index (χ3v) is 2.80. The van der Waals surface area contributed by atoms with Gasteiger partial charge in [0.2, 0.25) is 0 Å². The van der Waals surface area contributed by atoms with E-state index in [1.165, 1.54) is 11.3 Å². The van der Waals surface area contributed by atoms with Crippen LogP contribution in [0.25, 0.3) is 0 Å². The van der Waals surface area contributed by atoms with Crippen molar-refractivity contribution < 1.29 is 4.79 Å². The molecule has 0 spiro atoms. The second kappa shape index (κ2) is 4.00. The van der Waals surface area contributed by atoms with Gasteiger partial charge < -0.3 is 4.90 Å². The van der Waals surface area contributed by atoms with Crippen LogP contribution in [0.4, 0.5) is 5.13 Å². The molecule has 5 heteroatoms. The molecule has 0 aliphatic carbocycles. The first-order valence-corrected chi connectivity index (χ1v) is 5.37. The summed E-state index contributed by atoms with van der Waals surface area (Å²) < 4.78 is 0. The molecule has 0 unspecified atom stereocenters. The van der Waals surface area contributed by atoms with Crippen LogP contribution in [0.1, 0.15) is 10.5 Å². The number of halogens is 1.